The van der Waals surface area contributed by atoms with Gasteiger partial charge in [-0.1, -0.05) is 0 Å². The molecule has 2 rings (SSSR count). The van der Waals surface area contributed by atoms with Crippen LogP contribution < -0.4 is 11.2 Å². The molecular weight excluding hydrogens is 350 g/mol. The van der Waals surface area contributed by atoms with Gasteiger partial charge in [-0.2, -0.15) is 13.2 Å². The number of isocyanates is 1. The first-order valence-electron chi connectivity index (χ1n) is 6.40. The minimum Gasteiger partial charge on any atom is -0.292 e. The number of hydrogen-bond donors (Lipinski definition) is 0. The molecule has 130 valence electrons. The molecule has 0 fully saturated rings. The van der Waals surface area contributed by atoms with Gasteiger partial charge in [-0.15, -0.1) is 4.99 Å². The first-order valence-corrected chi connectivity index (χ1v) is 6.40. The zero-order valence-electron chi connectivity index (χ0n) is 12.3. The molecule has 0 unspecified atom stereocenters. The average molecular weight is 357 g/mol. The number of carbonyl (C=O) groups excluding carboxylic acids is 2. The zero-order valence-corrected chi connectivity index (χ0v) is 12.3. The van der Waals surface area contributed by atoms with E-state index in [2.05, 4.69) is 4.99 Å². The van der Waals surface area contributed by atoms with Crippen LogP contribution in [-0.4, -0.2) is 21.1 Å². The van der Waals surface area contributed by atoms with Gasteiger partial charge in [0.15, 0.2) is 0 Å². The molecule has 7 nitrogen and oxygen atoms in total. The summed E-state index contributed by atoms with van der Waals surface area (Å²) in [7, 11) is 0.755. The lowest BCUT2D eigenvalue weighted by Gasteiger charge is -2.14. The Hall–Kier alpha value is -3.33. The summed E-state index contributed by atoms with van der Waals surface area (Å²) in [5.74, 6) is -2.28. The Morgan fingerprint density at radius 2 is 1.84 bits per heavy atom. The van der Waals surface area contributed by atoms with E-state index in [0.29, 0.717) is 12.1 Å². The molecule has 0 saturated carbocycles. The van der Waals surface area contributed by atoms with Crippen LogP contribution in [0.1, 0.15) is 16.1 Å². The third-order valence-corrected chi connectivity index (χ3v) is 3.19. The molecule has 0 aliphatic heterocycles. The number of alkyl halides is 3. The van der Waals surface area contributed by atoms with Gasteiger partial charge in [0, 0.05) is 18.7 Å². The Kier molecular flexibility index (Phi) is 4.53. The van der Waals surface area contributed by atoms with E-state index >= 15 is 0 Å². The summed E-state index contributed by atoms with van der Waals surface area (Å²) < 4.78 is 52.6. The minimum absolute atomic E-state index is 0.124. The fraction of sp³-hybridized carbons (Fsp3) is 0.143. The van der Waals surface area contributed by atoms with Crippen molar-refractivity contribution in [2.24, 2.45) is 12.0 Å². The van der Waals surface area contributed by atoms with Crippen LogP contribution in [0.4, 0.5) is 17.6 Å². The standard InChI is InChI=1S/C14H7F4N3O4/c1-20-10(14(16,17)18)5-11(23)21(13(20)25)9-4-7(2-3-8(9)15)12(24)19-6-22/h2-5H,1H3. The SMILES string of the molecule is Cn1c(C(F)(F)F)cc(=O)n(-c2cc(C(=O)N=C=O)ccc2F)c1=O. The highest BCUT2D eigenvalue weighted by atomic mass is 19.4. The number of rotatable bonds is 2. The lowest BCUT2D eigenvalue weighted by molar-refractivity contribution is -0.144. The van der Waals surface area contributed by atoms with E-state index in [0.717, 1.165) is 19.2 Å². The molecule has 0 aliphatic carbocycles. The lowest BCUT2D eigenvalue weighted by atomic mass is 10.2. The fourth-order valence-electron chi connectivity index (χ4n) is 2.04. The average Bonchev–Trinajstić information content (AvgIpc) is 2.51. The van der Waals surface area contributed by atoms with Crippen molar-refractivity contribution in [3.63, 3.8) is 0 Å². The van der Waals surface area contributed by atoms with Crippen molar-refractivity contribution in [2.45, 2.75) is 6.18 Å². The van der Waals surface area contributed by atoms with Crippen molar-refractivity contribution >= 4 is 12.0 Å². The molecule has 2 aromatic rings. The zero-order chi connectivity index (χ0) is 18.9. The van der Waals surface area contributed by atoms with Gasteiger partial charge in [0.05, 0.1) is 5.69 Å². The Morgan fingerprint density at radius 3 is 2.40 bits per heavy atom. The second-order valence-corrected chi connectivity index (χ2v) is 4.72. The molecule has 1 aromatic carbocycles. The van der Waals surface area contributed by atoms with Gasteiger partial charge in [0.1, 0.15) is 11.5 Å². The summed E-state index contributed by atoms with van der Waals surface area (Å²) in [5, 5.41) is 0. The van der Waals surface area contributed by atoms with E-state index in [1.807, 2.05) is 0 Å². The summed E-state index contributed by atoms with van der Waals surface area (Å²) in [6, 6.07) is 2.46. The molecule has 0 atom stereocenters. The summed E-state index contributed by atoms with van der Waals surface area (Å²) in [4.78, 5) is 48.4. The monoisotopic (exact) mass is 357 g/mol. The third-order valence-electron chi connectivity index (χ3n) is 3.19. The molecule has 0 saturated heterocycles. The highest BCUT2D eigenvalue weighted by Gasteiger charge is 2.35. The van der Waals surface area contributed by atoms with Crippen molar-refractivity contribution < 1.29 is 27.2 Å². The van der Waals surface area contributed by atoms with E-state index < -0.39 is 40.5 Å². The summed E-state index contributed by atoms with van der Waals surface area (Å²) in [6.07, 6.45) is -4.00. The van der Waals surface area contributed by atoms with Gasteiger partial charge in [-0.05, 0) is 18.2 Å². The molecule has 0 spiro atoms. The number of nitrogens with zero attached hydrogens (tertiary/aromatic N) is 3. The number of hydrogen-bond acceptors (Lipinski definition) is 4. The Balaban J connectivity index is 2.80. The molecule has 25 heavy (non-hydrogen) atoms. The number of amides is 1. The smallest absolute Gasteiger partial charge is 0.292 e. The maximum atomic E-state index is 14.0. The van der Waals surface area contributed by atoms with Crippen molar-refractivity contribution in [3.05, 3.63) is 62.2 Å². The lowest BCUT2D eigenvalue weighted by Crippen LogP contribution is -2.41. The van der Waals surface area contributed by atoms with Gasteiger partial charge >= 0.3 is 11.9 Å². The fourth-order valence-corrected chi connectivity index (χ4v) is 2.04. The second kappa shape index (κ2) is 6.29. The quantitative estimate of drug-likeness (QED) is 0.458. The topological polar surface area (TPSA) is 90.5 Å². The number of carbonyl (C=O) groups is 1. The normalized spacial score (nSPS) is 11.1. The van der Waals surface area contributed by atoms with E-state index in [-0.39, 0.29) is 20.8 Å². The van der Waals surface area contributed by atoms with Crippen molar-refractivity contribution in [1.29, 1.82) is 0 Å². The largest absolute Gasteiger partial charge is 0.431 e. The molecule has 1 amide bonds. The maximum Gasteiger partial charge on any atom is 0.431 e. The van der Waals surface area contributed by atoms with Gasteiger partial charge in [-0.25, -0.2) is 18.5 Å². The third kappa shape index (κ3) is 3.31. The molecule has 0 aliphatic rings. The molecule has 11 heteroatoms. The summed E-state index contributed by atoms with van der Waals surface area (Å²) in [6.45, 7) is 0. The second-order valence-electron chi connectivity index (χ2n) is 4.72. The minimum atomic E-state index is -4.97. The van der Waals surface area contributed by atoms with Gasteiger partial charge in [0.25, 0.3) is 11.5 Å². The highest BCUT2D eigenvalue weighted by molar-refractivity contribution is 5.97. The summed E-state index contributed by atoms with van der Waals surface area (Å²) in [5.41, 5.74) is -5.56. The van der Waals surface area contributed by atoms with Crippen LogP contribution in [0.25, 0.3) is 5.69 Å². The first-order chi connectivity index (χ1) is 11.6. The van der Waals surface area contributed by atoms with Gasteiger partial charge < -0.3 is 0 Å². The number of benzene rings is 1. The predicted molar refractivity (Wildman–Crippen MR) is 74.7 cm³/mol. The van der Waals surface area contributed by atoms with Crippen LogP contribution in [0.15, 0.2) is 38.8 Å². The Morgan fingerprint density at radius 1 is 1.20 bits per heavy atom. The Bertz CT molecular complexity index is 1030. The maximum absolute atomic E-state index is 14.0. The number of aliphatic imine (C=N–C) groups is 1. The van der Waals surface area contributed by atoms with Crippen LogP contribution in [0.5, 0.6) is 0 Å². The van der Waals surface area contributed by atoms with E-state index in [1.54, 1.807) is 0 Å². The first kappa shape index (κ1) is 18.0. The summed E-state index contributed by atoms with van der Waals surface area (Å²) >= 11 is 0. The van der Waals surface area contributed by atoms with Crippen LogP contribution in [0.2, 0.25) is 0 Å². The van der Waals surface area contributed by atoms with Gasteiger partial charge in [0.2, 0.25) is 6.08 Å². The molecule has 1 heterocycles. The van der Waals surface area contributed by atoms with Crippen molar-refractivity contribution in [3.8, 4) is 5.69 Å². The van der Waals surface area contributed by atoms with Crippen LogP contribution in [0, 0.1) is 5.82 Å². The number of aromatic nitrogens is 2. The molecular formula is C14H7F4N3O4. The van der Waals surface area contributed by atoms with E-state index in [4.69, 9.17) is 0 Å². The Labute approximate surface area is 135 Å². The van der Waals surface area contributed by atoms with Crippen molar-refractivity contribution in [1.82, 2.24) is 9.13 Å². The van der Waals surface area contributed by atoms with Crippen LogP contribution in [-0.2, 0) is 18.0 Å². The molecule has 0 radical (unpaired) electrons. The highest BCUT2D eigenvalue weighted by Crippen LogP contribution is 2.27. The number of halogens is 4. The predicted octanol–water partition coefficient (Wildman–Crippen LogP) is 1.17. The van der Waals surface area contributed by atoms with Crippen LogP contribution in [0.3, 0.4) is 0 Å². The molecule has 1 aromatic heterocycles. The molecule has 0 N–H and O–H groups in total. The van der Waals surface area contributed by atoms with E-state index in [1.165, 1.54) is 0 Å². The molecule has 0 bridgehead atoms. The van der Waals surface area contributed by atoms with Crippen molar-refractivity contribution in [2.75, 3.05) is 0 Å². The van der Waals surface area contributed by atoms with Gasteiger partial charge in [-0.3, -0.25) is 14.2 Å². The van der Waals surface area contributed by atoms with E-state index in [9.17, 15) is 36.7 Å². The van der Waals surface area contributed by atoms with Crippen LogP contribution >= 0.6 is 0 Å².